The van der Waals surface area contributed by atoms with Crippen molar-refractivity contribution < 1.29 is 19.8 Å². The van der Waals surface area contributed by atoms with E-state index in [1.54, 1.807) is 6.92 Å². The van der Waals surface area contributed by atoms with Crippen LogP contribution in [0.25, 0.3) is 0 Å². The van der Waals surface area contributed by atoms with Gasteiger partial charge in [0.05, 0.1) is 0 Å². The number of carboxylic acids is 2. The third-order valence-corrected chi connectivity index (χ3v) is 3.13. The molecule has 0 saturated heterocycles. The van der Waals surface area contributed by atoms with Gasteiger partial charge in [0.2, 0.25) is 0 Å². The molecule has 0 atom stereocenters. The number of benzene rings is 2. The predicted octanol–water partition coefficient (Wildman–Crippen LogP) is 3.17. The molecule has 2 N–H and O–H groups in total. The van der Waals surface area contributed by atoms with E-state index in [1.807, 2.05) is 60.7 Å². The van der Waals surface area contributed by atoms with Crippen molar-refractivity contribution in [3.8, 4) is 0 Å². The molecule has 4 nitrogen and oxygen atoms in total. The van der Waals surface area contributed by atoms with Crippen LogP contribution in [0.4, 0.5) is 0 Å². The molecule has 4 heteroatoms. The highest BCUT2D eigenvalue weighted by molar-refractivity contribution is 5.85. The minimum absolute atomic E-state index is 0.790. The Kier molecular flexibility index (Phi) is 5.67. The minimum Gasteiger partial charge on any atom is -0.481 e. The molecule has 0 spiro atoms. The average molecular weight is 286 g/mol. The molecule has 0 radical (unpaired) electrons. The van der Waals surface area contributed by atoms with E-state index in [4.69, 9.17) is 9.90 Å². The lowest BCUT2D eigenvalue weighted by atomic mass is 9.76. The average Bonchev–Trinajstić information content (AvgIpc) is 2.47. The van der Waals surface area contributed by atoms with Crippen LogP contribution >= 0.6 is 0 Å². The van der Waals surface area contributed by atoms with Crippen LogP contribution in [0.3, 0.4) is 0 Å². The Hall–Kier alpha value is -2.62. The van der Waals surface area contributed by atoms with Crippen LogP contribution in [0.5, 0.6) is 0 Å². The summed E-state index contributed by atoms with van der Waals surface area (Å²) >= 11 is 0. The maximum Gasteiger partial charge on any atom is 0.318 e. The molecule has 0 bridgehead atoms. The first-order valence-corrected chi connectivity index (χ1v) is 6.43. The van der Waals surface area contributed by atoms with Crippen LogP contribution in [0, 0.1) is 0 Å². The molecule has 0 fully saturated rings. The van der Waals surface area contributed by atoms with Gasteiger partial charge < -0.3 is 10.2 Å². The zero-order chi connectivity index (χ0) is 15.9. The van der Waals surface area contributed by atoms with Crippen molar-refractivity contribution in [2.45, 2.75) is 19.3 Å². The molecule has 0 unspecified atom stereocenters. The molecule has 0 aliphatic rings. The monoisotopic (exact) mass is 286 g/mol. The van der Waals surface area contributed by atoms with E-state index >= 15 is 0 Å². The number of hydrogen-bond acceptors (Lipinski definition) is 2. The molecular formula is C17H18O4. The normalized spacial score (nSPS) is 10.2. The minimum atomic E-state index is -0.998. The van der Waals surface area contributed by atoms with E-state index in [-0.39, 0.29) is 0 Å². The smallest absolute Gasteiger partial charge is 0.318 e. The molecule has 110 valence electrons. The lowest BCUT2D eigenvalue weighted by Gasteiger charge is -2.25. The Bertz CT molecular complexity index is 547. The van der Waals surface area contributed by atoms with E-state index < -0.39 is 17.4 Å². The molecular weight excluding hydrogens is 268 g/mol. The fourth-order valence-electron chi connectivity index (χ4n) is 1.96. The second-order valence-electron chi connectivity index (χ2n) is 4.68. The van der Waals surface area contributed by atoms with E-state index in [1.165, 1.54) is 0 Å². The highest BCUT2D eigenvalue weighted by Gasteiger charge is 2.36. The van der Waals surface area contributed by atoms with Crippen LogP contribution < -0.4 is 0 Å². The third kappa shape index (κ3) is 4.18. The lowest BCUT2D eigenvalue weighted by molar-refractivity contribution is -0.141. The predicted molar refractivity (Wildman–Crippen MR) is 80.3 cm³/mol. The van der Waals surface area contributed by atoms with Crippen LogP contribution in [-0.2, 0) is 15.0 Å². The van der Waals surface area contributed by atoms with Crippen molar-refractivity contribution in [2.24, 2.45) is 0 Å². The van der Waals surface area contributed by atoms with Gasteiger partial charge in [0.1, 0.15) is 5.41 Å². The number of hydrogen-bond donors (Lipinski definition) is 2. The van der Waals surface area contributed by atoms with Gasteiger partial charge in [-0.1, -0.05) is 60.7 Å². The number of aliphatic carboxylic acids is 2. The lowest BCUT2D eigenvalue weighted by Crippen LogP contribution is -2.33. The molecule has 21 heavy (non-hydrogen) atoms. The van der Waals surface area contributed by atoms with E-state index in [9.17, 15) is 9.90 Å². The highest BCUT2D eigenvalue weighted by Crippen LogP contribution is 2.31. The summed E-state index contributed by atoms with van der Waals surface area (Å²) in [5.41, 5.74) is 0.583. The summed E-state index contributed by atoms with van der Waals surface area (Å²) in [5.74, 6) is -1.67. The molecule has 0 aliphatic carbocycles. The fourth-order valence-corrected chi connectivity index (χ4v) is 1.96. The number of rotatable bonds is 3. The van der Waals surface area contributed by atoms with Crippen molar-refractivity contribution in [2.75, 3.05) is 0 Å². The van der Waals surface area contributed by atoms with Crippen molar-refractivity contribution in [3.63, 3.8) is 0 Å². The van der Waals surface area contributed by atoms with Crippen LogP contribution in [-0.4, -0.2) is 22.2 Å². The number of carbonyl (C=O) groups is 2. The first-order valence-electron chi connectivity index (χ1n) is 6.43. The van der Waals surface area contributed by atoms with Gasteiger partial charge in [-0.05, 0) is 18.1 Å². The molecule has 2 aromatic rings. The third-order valence-electron chi connectivity index (χ3n) is 3.13. The largest absolute Gasteiger partial charge is 0.481 e. The Morgan fingerprint density at radius 1 is 0.810 bits per heavy atom. The molecule has 0 saturated carbocycles. The molecule has 0 aromatic heterocycles. The Labute approximate surface area is 123 Å². The Balaban J connectivity index is 0.000000491. The van der Waals surface area contributed by atoms with E-state index in [0.717, 1.165) is 18.1 Å². The second kappa shape index (κ2) is 7.24. The van der Waals surface area contributed by atoms with Gasteiger partial charge >= 0.3 is 5.97 Å². The first kappa shape index (κ1) is 16.4. The molecule has 0 heterocycles. The molecule has 2 rings (SSSR count). The maximum absolute atomic E-state index is 11.6. The van der Waals surface area contributed by atoms with Gasteiger partial charge in [0.25, 0.3) is 5.97 Å². The van der Waals surface area contributed by atoms with Gasteiger partial charge in [-0.15, -0.1) is 0 Å². The Morgan fingerprint density at radius 2 is 1.10 bits per heavy atom. The zero-order valence-corrected chi connectivity index (χ0v) is 12.0. The zero-order valence-electron chi connectivity index (χ0n) is 12.0. The molecule has 2 aromatic carbocycles. The quantitative estimate of drug-likeness (QED) is 0.908. The van der Waals surface area contributed by atoms with Crippen LogP contribution in [0.15, 0.2) is 60.7 Å². The van der Waals surface area contributed by atoms with Gasteiger partial charge in [0, 0.05) is 6.92 Å². The van der Waals surface area contributed by atoms with Crippen LogP contribution in [0.2, 0.25) is 0 Å². The van der Waals surface area contributed by atoms with E-state index in [2.05, 4.69) is 0 Å². The van der Waals surface area contributed by atoms with Gasteiger partial charge in [-0.3, -0.25) is 9.59 Å². The first-order chi connectivity index (χ1) is 9.89. The summed E-state index contributed by atoms with van der Waals surface area (Å²) < 4.78 is 0. The summed E-state index contributed by atoms with van der Waals surface area (Å²) in [6.45, 7) is 2.82. The fraction of sp³-hybridized carbons (Fsp3) is 0.176. The van der Waals surface area contributed by atoms with Crippen molar-refractivity contribution in [1.29, 1.82) is 0 Å². The maximum atomic E-state index is 11.6. The van der Waals surface area contributed by atoms with E-state index in [0.29, 0.717) is 0 Å². The summed E-state index contributed by atoms with van der Waals surface area (Å²) in [5, 5.41) is 17.0. The summed E-state index contributed by atoms with van der Waals surface area (Å²) in [7, 11) is 0. The SMILES string of the molecule is CC(=O)O.CC(C(=O)O)(c1ccccc1)c1ccccc1. The summed E-state index contributed by atoms with van der Waals surface area (Å²) in [6, 6.07) is 18.6. The standard InChI is InChI=1S/C15H14O2.C2H4O2/c1-15(14(16)17,12-8-4-2-5-9-12)13-10-6-3-7-11-13;1-2(3)4/h2-11H,1H3,(H,16,17);1H3,(H,3,4). The summed E-state index contributed by atoms with van der Waals surface area (Å²) in [4.78, 5) is 20.6. The van der Waals surface area contributed by atoms with Crippen molar-refractivity contribution in [1.82, 2.24) is 0 Å². The van der Waals surface area contributed by atoms with Crippen LogP contribution in [0.1, 0.15) is 25.0 Å². The van der Waals surface area contributed by atoms with Gasteiger partial charge in [-0.2, -0.15) is 0 Å². The molecule has 0 amide bonds. The highest BCUT2D eigenvalue weighted by atomic mass is 16.4. The van der Waals surface area contributed by atoms with Gasteiger partial charge in [-0.25, -0.2) is 0 Å². The Morgan fingerprint density at radius 3 is 1.33 bits per heavy atom. The second-order valence-corrected chi connectivity index (χ2v) is 4.68. The summed E-state index contributed by atoms with van der Waals surface area (Å²) in [6.07, 6.45) is 0. The molecule has 0 aliphatic heterocycles. The van der Waals surface area contributed by atoms with Crippen molar-refractivity contribution in [3.05, 3.63) is 71.8 Å². The van der Waals surface area contributed by atoms with Gasteiger partial charge in [0.15, 0.2) is 0 Å². The van der Waals surface area contributed by atoms with Crippen molar-refractivity contribution >= 4 is 11.9 Å². The number of carboxylic acid groups (broad SMARTS) is 2. The topological polar surface area (TPSA) is 74.6 Å².